The molecule has 2 nitrogen and oxygen atoms in total. The molecule has 1 aromatic heterocycles. The first-order chi connectivity index (χ1) is 30.8. The van der Waals surface area contributed by atoms with Gasteiger partial charge in [-0.3, -0.25) is 0 Å². The number of thiophene rings is 1. The molecule has 2 aliphatic rings. The minimum atomic E-state index is -0.588. The number of para-hydroxylation sites is 3. The molecule has 1 atom stereocenters. The van der Waals surface area contributed by atoms with Gasteiger partial charge in [0.05, 0.1) is 22.5 Å². The molecule has 290 valence electrons. The first kappa shape index (κ1) is 35.1. The lowest BCUT2D eigenvalue weighted by Gasteiger charge is -2.34. The van der Waals surface area contributed by atoms with Crippen molar-refractivity contribution >= 4 is 76.4 Å². The molecule has 3 heteroatoms. The molecule has 2 aliphatic carbocycles. The van der Waals surface area contributed by atoms with Gasteiger partial charge in [0.2, 0.25) is 0 Å². The lowest BCUT2D eigenvalue weighted by Crippen LogP contribution is -2.26. The van der Waals surface area contributed by atoms with Crippen LogP contribution in [0.2, 0.25) is 0 Å². The van der Waals surface area contributed by atoms with Crippen molar-refractivity contribution in [1.29, 1.82) is 0 Å². The fourth-order valence-electron chi connectivity index (χ4n) is 10.9. The molecule has 0 N–H and O–H groups in total. The summed E-state index contributed by atoms with van der Waals surface area (Å²) in [4.78, 5) is 4.97. The predicted octanol–water partition coefficient (Wildman–Crippen LogP) is 16.5. The summed E-state index contributed by atoms with van der Waals surface area (Å²) in [7, 11) is 0. The van der Waals surface area contributed by atoms with E-state index >= 15 is 0 Å². The van der Waals surface area contributed by atoms with Gasteiger partial charge in [-0.25, -0.2) is 0 Å². The highest BCUT2D eigenvalue weighted by molar-refractivity contribution is 7.26. The maximum absolute atomic E-state index is 2.56. The fourth-order valence-corrected chi connectivity index (χ4v) is 12.0. The van der Waals surface area contributed by atoms with Crippen molar-refractivity contribution in [1.82, 2.24) is 0 Å². The monoisotopic (exact) mass is 806 g/mol. The standard InChI is InChI=1S/C59H38N2S/c1-4-20-39(21-5-1)60(40-22-6-2-7-23-40)51-34-18-33-49-57(51)45-29-13-16-32-48(45)59(49)47-31-15-12-28-44(47)56-43-27-11-10-26-42(43)53(38-50(56)59)61(41-24-8-3-9-25-41)52-35-19-37-55-58(52)46-30-14-17-36-54(46)62-55/h1-38H. The summed E-state index contributed by atoms with van der Waals surface area (Å²) in [5.41, 5.74) is 16.7. The second-order valence-corrected chi connectivity index (χ2v) is 17.4. The summed E-state index contributed by atoms with van der Waals surface area (Å²) in [5.74, 6) is 0. The molecule has 10 aromatic carbocycles. The van der Waals surface area contributed by atoms with E-state index in [1.165, 1.54) is 81.1 Å². The van der Waals surface area contributed by atoms with Crippen LogP contribution in [0.3, 0.4) is 0 Å². The molecule has 0 saturated heterocycles. The third kappa shape index (κ3) is 4.85. The average Bonchev–Trinajstić information content (AvgIpc) is 3.98. The van der Waals surface area contributed by atoms with Crippen LogP contribution in [0.4, 0.5) is 34.1 Å². The minimum Gasteiger partial charge on any atom is -0.310 e. The summed E-state index contributed by atoms with van der Waals surface area (Å²) in [6, 6.07) is 85.3. The van der Waals surface area contributed by atoms with E-state index in [9.17, 15) is 0 Å². The second-order valence-electron chi connectivity index (χ2n) is 16.3. The van der Waals surface area contributed by atoms with Crippen LogP contribution in [0.15, 0.2) is 231 Å². The summed E-state index contributed by atoms with van der Waals surface area (Å²) >= 11 is 1.87. The molecule has 1 heterocycles. The van der Waals surface area contributed by atoms with Crippen LogP contribution in [-0.4, -0.2) is 0 Å². The second kappa shape index (κ2) is 13.7. The van der Waals surface area contributed by atoms with Crippen LogP contribution in [-0.2, 0) is 5.41 Å². The van der Waals surface area contributed by atoms with Crippen molar-refractivity contribution in [3.8, 4) is 22.3 Å². The van der Waals surface area contributed by atoms with Gasteiger partial charge < -0.3 is 9.80 Å². The molecule has 1 unspecified atom stereocenters. The zero-order valence-electron chi connectivity index (χ0n) is 33.7. The Morgan fingerprint density at radius 2 is 0.790 bits per heavy atom. The summed E-state index contributed by atoms with van der Waals surface area (Å²) < 4.78 is 2.58. The highest BCUT2D eigenvalue weighted by Gasteiger charge is 2.53. The summed E-state index contributed by atoms with van der Waals surface area (Å²) in [6.07, 6.45) is 0. The first-order valence-corrected chi connectivity index (χ1v) is 22.2. The van der Waals surface area contributed by atoms with E-state index in [1.54, 1.807) is 0 Å². The van der Waals surface area contributed by atoms with Gasteiger partial charge in [-0.2, -0.15) is 0 Å². The van der Waals surface area contributed by atoms with Crippen LogP contribution in [0.1, 0.15) is 22.3 Å². The van der Waals surface area contributed by atoms with Crippen molar-refractivity contribution in [2.75, 3.05) is 9.80 Å². The number of benzene rings is 10. The number of rotatable bonds is 6. The van der Waals surface area contributed by atoms with E-state index in [1.807, 2.05) is 11.3 Å². The number of hydrogen-bond donors (Lipinski definition) is 0. The topological polar surface area (TPSA) is 6.48 Å². The van der Waals surface area contributed by atoms with Gasteiger partial charge in [0.25, 0.3) is 0 Å². The van der Waals surface area contributed by atoms with E-state index < -0.39 is 5.41 Å². The van der Waals surface area contributed by atoms with Gasteiger partial charge >= 0.3 is 0 Å². The van der Waals surface area contributed by atoms with Crippen molar-refractivity contribution < 1.29 is 0 Å². The third-order valence-electron chi connectivity index (χ3n) is 13.2. The van der Waals surface area contributed by atoms with E-state index in [4.69, 9.17) is 0 Å². The highest BCUT2D eigenvalue weighted by Crippen LogP contribution is 2.66. The summed E-state index contributed by atoms with van der Waals surface area (Å²) in [6.45, 7) is 0. The lowest BCUT2D eigenvalue weighted by molar-refractivity contribution is 0.794. The molecular weight excluding hydrogens is 769 g/mol. The minimum absolute atomic E-state index is 0.588. The van der Waals surface area contributed by atoms with Gasteiger partial charge in [-0.15, -0.1) is 11.3 Å². The Morgan fingerprint density at radius 3 is 1.47 bits per heavy atom. The van der Waals surface area contributed by atoms with Crippen LogP contribution >= 0.6 is 11.3 Å². The number of anilines is 6. The normalized spacial score (nSPS) is 14.5. The largest absolute Gasteiger partial charge is 0.310 e. The fraction of sp³-hybridized carbons (Fsp3) is 0.0169. The molecule has 0 amide bonds. The number of nitrogens with zero attached hydrogens (tertiary/aromatic N) is 2. The van der Waals surface area contributed by atoms with E-state index in [0.29, 0.717) is 0 Å². The SMILES string of the molecule is c1ccc(N(c2ccccc2)c2cccc3c2-c2ccccc2C32c3ccccc3-c3c2cc(N(c2ccccc2)c2cccc4sc5ccccc5c24)c2ccccc32)cc1. The predicted molar refractivity (Wildman–Crippen MR) is 263 cm³/mol. The van der Waals surface area contributed by atoms with Crippen LogP contribution in [0, 0.1) is 0 Å². The molecule has 0 saturated carbocycles. The molecule has 0 aliphatic heterocycles. The zero-order valence-corrected chi connectivity index (χ0v) is 34.6. The first-order valence-electron chi connectivity index (χ1n) is 21.4. The van der Waals surface area contributed by atoms with Crippen molar-refractivity contribution in [3.63, 3.8) is 0 Å². The van der Waals surface area contributed by atoms with Gasteiger partial charge in [-0.05, 0) is 111 Å². The van der Waals surface area contributed by atoms with Crippen molar-refractivity contribution in [2.45, 2.75) is 5.41 Å². The Bertz CT molecular complexity index is 3500. The molecule has 0 bridgehead atoms. The molecule has 11 aromatic rings. The molecule has 1 spiro atoms. The number of hydrogen-bond acceptors (Lipinski definition) is 3. The van der Waals surface area contributed by atoms with Crippen molar-refractivity contribution in [3.05, 3.63) is 253 Å². The smallest absolute Gasteiger partial charge is 0.0727 e. The molecule has 62 heavy (non-hydrogen) atoms. The molecule has 0 radical (unpaired) electrons. The Hall–Kier alpha value is -7.72. The quantitative estimate of drug-likeness (QED) is 0.165. The highest BCUT2D eigenvalue weighted by atomic mass is 32.1. The Balaban J connectivity index is 1.16. The van der Waals surface area contributed by atoms with E-state index in [0.717, 1.165) is 28.4 Å². The van der Waals surface area contributed by atoms with Gasteiger partial charge in [0.15, 0.2) is 0 Å². The van der Waals surface area contributed by atoms with Crippen LogP contribution in [0.25, 0.3) is 53.2 Å². The Morgan fingerprint density at radius 1 is 0.306 bits per heavy atom. The maximum atomic E-state index is 2.56. The maximum Gasteiger partial charge on any atom is 0.0727 e. The van der Waals surface area contributed by atoms with Gasteiger partial charge in [-0.1, -0.05) is 164 Å². The Labute approximate surface area is 364 Å². The van der Waals surface area contributed by atoms with Gasteiger partial charge in [0.1, 0.15) is 0 Å². The van der Waals surface area contributed by atoms with Crippen molar-refractivity contribution in [2.24, 2.45) is 0 Å². The van der Waals surface area contributed by atoms with E-state index in [2.05, 4.69) is 240 Å². The summed E-state index contributed by atoms with van der Waals surface area (Å²) in [5, 5.41) is 5.04. The average molecular weight is 807 g/mol. The van der Waals surface area contributed by atoms with E-state index in [-0.39, 0.29) is 0 Å². The Kier molecular flexibility index (Phi) is 7.72. The van der Waals surface area contributed by atoms with Crippen LogP contribution in [0.5, 0.6) is 0 Å². The molecule has 13 rings (SSSR count). The zero-order chi connectivity index (χ0) is 40.8. The molecular formula is C59H38N2S. The molecule has 0 fully saturated rings. The third-order valence-corrected chi connectivity index (χ3v) is 14.4. The number of fused-ring (bicyclic) bond motifs is 15. The lowest BCUT2D eigenvalue weighted by atomic mass is 9.70. The van der Waals surface area contributed by atoms with Crippen LogP contribution < -0.4 is 9.80 Å². The van der Waals surface area contributed by atoms with Gasteiger partial charge in [0, 0.05) is 48.2 Å².